The van der Waals surface area contributed by atoms with Gasteiger partial charge in [0.15, 0.2) is 5.13 Å². The van der Waals surface area contributed by atoms with Crippen molar-refractivity contribution in [2.24, 2.45) is 0 Å². The van der Waals surface area contributed by atoms with E-state index >= 15 is 0 Å². The summed E-state index contributed by atoms with van der Waals surface area (Å²) in [6.07, 6.45) is 0. The minimum absolute atomic E-state index is 0.192. The number of hydrogen-bond acceptors (Lipinski definition) is 7. The number of thiazole rings is 1. The topological polar surface area (TPSA) is 87.9 Å². The Morgan fingerprint density at radius 3 is 2.67 bits per heavy atom. The fourth-order valence-corrected chi connectivity index (χ4v) is 4.59. The summed E-state index contributed by atoms with van der Waals surface area (Å²) >= 11 is 2.63. The summed E-state index contributed by atoms with van der Waals surface area (Å²) in [4.78, 5) is 21.8. The first-order chi connectivity index (χ1) is 14.3. The lowest BCUT2D eigenvalue weighted by Gasteiger charge is -2.14. The predicted octanol–water partition coefficient (Wildman–Crippen LogP) is 5.13. The lowest BCUT2D eigenvalue weighted by Crippen LogP contribution is -2.22. The molecule has 0 spiro atoms. The van der Waals surface area contributed by atoms with E-state index in [-0.39, 0.29) is 5.91 Å². The van der Waals surface area contributed by atoms with Crippen LogP contribution in [0.25, 0.3) is 11.3 Å². The molecule has 0 aliphatic heterocycles. The van der Waals surface area contributed by atoms with Gasteiger partial charge in [-0.3, -0.25) is 4.79 Å². The fourth-order valence-electron chi connectivity index (χ4n) is 2.87. The molecule has 0 saturated heterocycles. The lowest BCUT2D eigenvalue weighted by molar-refractivity contribution is -0.115. The van der Waals surface area contributed by atoms with Gasteiger partial charge in [-0.05, 0) is 51.0 Å². The Hall–Kier alpha value is -2.89. The van der Waals surface area contributed by atoms with Crippen LogP contribution in [0.15, 0.2) is 34.7 Å². The van der Waals surface area contributed by atoms with Crippen LogP contribution < -0.4 is 10.1 Å². The van der Waals surface area contributed by atoms with Crippen molar-refractivity contribution in [1.29, 1.82) is 5.26 Å². The molecular weight excluding hydrogens is 416 g/mol. The van der Waals surface area contributed by atoms with Crippen molar-refractivity contribution < 1.29 is 9.53 Å². The molecule has 8 heteroatoms. The zero-order chi connectivity index (χ0) is 21.8. The third kappa shape index (κ3) is 4.48. The smallest absolute Gasteiger partial charge is 0.239 e. The SMILES string of the molecule is COc1ccccc1-c1csc(NC(=O)C(C)Sc2nc(C)c(C)c(C)c2C#N)n1. The van der Waals surface area contributed by atoms with Gasteiger partial charge < -0.3 is 10.1 Å². The molecule has 2 aromatic heterocycles. The summed E-state index contributed by atoms with van der Waals surface area (Å²) in [5.74, 6) is 0.535. The van der Waals surface area contributed by atoms with E-state index in [1.54, 1.807) is 14.0 Å². The van der Waals surface area contributed by atoms with Crippen molar-refractivity contribution in [3.8, 4) is 23.1 Å². The molecule has 0 bridgehead atoms. The summed E-state index contributed by atoms with van der Waals surface area (Å²) in [5.41, 5.74) is 4.90. The van der Waals surface area contributed by atoms with Gasteiger partial charge in [-0.1, -0.05) is 23.9 Å². The molecule has 1 aromatic carbocycles. The number of methoxy groups -OCH3 is 1. The molecule has 0 radical (unpaired) electrons. The van der Waals surface area contributed by atoms with E-state index in [9.17, 15) is 10.1 Å². The lowest BCUT2D eigenvalue weighted by atomic mass is 10.1. The van der Waals surface area contributed by atoms with Gasteiger partial charge in [0.2, 0.25) is 5.91 Å². The highest BCUT2D eigenvalue weighted by Gasteiger charge is 2.21. The van der Waals surface area contributed by atoms with E-state index in [0.717, 1.165) is 33.8 Å². The van der Waals surface area contributed by atoms with Gasteiger partial charge in [0.25, 0.3) is 0 Å². The van der Waals surface area contributed by atoms with E-state index < -0.39 is 5.25 Å². The second-order valence-electron chi connectivity index (χ2n) is 6.73. The quantitative estimate of drug-likeness (QED) is 0.537. The monoisotopic (exact) mass is 438 g/mol. The molecule has 0 fully saturated rings. The second-order valence-corrected chi connectivity index (χ2v) is 8.91. The third-order valence-electron chi connectivity index (χ3n) is 4.85. The summed E-state index contributed by atoms with van der Waals surface area (Å²) < 4.78 is 5.38. The van der Waals surface area contributed by atoms with Crippen LogP contribution in [0.2, 0.25) is 0 Å². The molecule has 0 aliphatic carbocycles. The minimum Gasteiger partial charge on any atom is -0.496 e. The average Bonchev–Trinajstić information content (AvgIpc) is 3.20. The Labute approximate surface area is 184 Å². The van der Waals surface area contributed by atoms with Gasteiger partial charge in [-0.25, -0.2) is 9.97 Å². The number of nitrogens with zero attached hydrogens (tertiary/aromatic N) is 3. The van der Waals surface area contributed by atoms with Crippen LogP contribution in [-0.4, -0.2) is 28.2 Å². The van der Waals surface area contributed by atoms with Crippen molar-refractivity contribution in [3.63, 3.8) is 0 Å². The molecule has 1 amide bonds. The number of carbonyl (C=O) groups excluding carboxylic acids is 1. The number of anilines is 1. The number of nitriles is 1. The van der Waals surface area contributed by atoms with Crippen LogP contribution in [0.4, 0.5) is 5.13 Å². The van der Waals surface area contributed by atoms with Crippen LogP contribution in [0.5, 0.6) is 5.75 Å². The molecule has 3 rings (SSSR count). The van der Waals surface area contributed by atoms with Gasteiger partial charge in [0.05, 0.1) is 23.6 Å². The number of nitrogens with one attached hydrogen (secondary N) is 1. The highest BCUT2D eigenvalue weighted by Crippen LogP contribution is 2.33. The standard InChI is InChI=1S/C22H22N4O2S2/c1-12-13(2)17(10-23)21(24-14(12)3)30-15(4)20(27)26-22-25-18(11-29-22)16-8-6-7-9-19(16)28-5/h6-9,11,15H,1-5H3,(H,25,26,27). The van der Waals surface area contributed by atoms with Gasteiger partial charge in [-0.15, -0.1) is 11.3 Å². The summed E-state index contributed by atoms with van der Waals surface area (Å²) in [6, 6.07) is 9.83. The van der Waals surface area contributed by atoms with E-state index in [1.165, 1.54) is 23.1 Å². The van der Waals surface area contributed by atoms with Crippen molar-refractivity contribution in [1.82, 2.24) is 9.97 Å². The maximum Gasteiger partial charge on any atom is 0.239 e. The van der Waals surface area contributed by atoms with Crippen molar-refractivity contribution in [3.05, 3.63) is 52.0 Å². The highest BCUT2D eigenvalue weighted by molar-refractivity contribution is 8.00. The normalized spacial score (nSPS) is 11.6. The van der Waals surface area contributed by atoms with Gasteiger partial charge in [0, 0.05) is 16.6 Å². The number of aryl methyl sites for hydroxylation is 1. The third-order valence-corrected chi connectivity index (χ3v) is 6.69. The second kappa shape index (κ2) is 9.28. The average molecular weight is 439 g/mol. The number of benzene rings is 1. The maximum atomic E-state index is 12.7. The number of para-hydroxylation sites is 1. The maximum absolute atomic E-state index is 12.7. The Morgan fingerprint density at radius 2 is 1.97 bits per heavy atom. The molecule has 1 atom stereocenters. The summed E-state index contributed by atoms with van der Waals surface area (Å²) in [5, 5.41) is 14.9. The minimum atomic E-state index is -0.440. The molecular formula is C22H22N4O2S2. The number of amides is 1. The van der Waals surface area contributed by atoms with Crippen LogP contribution in [-0.2, 0) is 4.79 Å². The zero-order valence-corrected chi connectivity index (χ0v) is 19.1. The molecule has 3 aromatic rings. The van der Waals surface area contributed by atoms with Gasteiger partial charge >= 0.3 is 0 Å². The molecule has 1 N–H and O–H groups in total. The number of carbonyl (C=O) groups is 1. The molecule has 0 saturated carbocycles. The first kappa shape index (κ1) is 21.8. The van der Waals surface area contributed by atoms with Crippen LogP contribution >= 0.6 is 23.1 Å². The Morgan fingerprint density at radius 1 is 1.23 bits per heavy atom. The predicted molar refractivity (Wildman–Crippen MR) is 121 cm³/mol. The van der Waals surface area contributed by atoms with Gasteiger partial charge in [-0.2, -0.15) is 5.26 Å². The largest absolute Gasteiger partial charge is 0.496 e. The fraction of sp³-hybridized carbons (Fsp3) is 0.273. The molecule has 30 heavy (non-hydrogen) atoms. The molecule has 2 heterocycles. The first-order valence-corrected chi connectivity index (χ1v) is 11.1. The number of rotatable bonds is 6. The van der Waals surface area contributed by atoms with E-state index in [4.69, 9.17) is 4.74 Å². The van der Waals surface area contributed by atoms with Crippen molar-refractivity contribution in [2.75, 3.05) is 12.4 Å². The highest BCUT2D eigenvalue weighted by atomic mass is 32.2. The van der Waals surface area contributed by atoms with Crippen molar-refractivity contribution in [2.45, 2.75) is 38.0 Å². The van der Waals surface area contributed by atoms with E-state index in [0.29, 0.717) is 15.7 Å². The molecule has 154 valence electrons. The van der Waals surface area contributed by atoms with Crippen LogP contribution in [0.3, 0.4) is 0 Å². The van der Waals surface area contributed by atoms with Crippen molar-refractivity contribution >= 4 is 34.1 Å². The number of thioether (sulfide) groups is 1. The number of pyridine rings is 1. The first-order valence-electron chi connectivity index (χ1n) is 9.30. The van der Waals surface area contributed by atoms with Crippen LogP contribution in [0.1, 0.15) is 29.3 Å². The molecule has 6 nitrogen and oxygen atoms in total. The van der Waals surface area contributed by atoms with E-state index in [2.05, 4.69) is 21.4 Å². The Kier molecular flexibility index (Phi) is 6.75. The van der Waals surface area contributed by atoms with Gasteiger partial charge in [0.1, 0.15) is 16.8 Å². The zero-order valence-electron chi connectivity index (χ0n) is 17.4. The van der Waals surface area contributed by atoms with E-state index in [1.807, 2.05) is 50.4 Å². The van der Waals surface area contributed by atoms with Crippen LogP contribution in [0, 0.1) is 32.1 Å². The molecule has 0 aliphatic rings. The Balaban J connectivity index is 1.75. The number of ether oxygens (including phenoxy) is 1. The Bertz CT molecular complexity index is 1130. The summed E-state index contributed by atoms with van der Waals surface area (Å²) in [7, 11) is 1.62. The number of aromatic nitrogens is 2. The number of hydrogen-bond donors (Lipinski definition) is 1. The summed E-state index contributed by atoms with van der Waals surface area (Å²) in [6.45, 7) is 7.56. The molecule has 1 unspecified atom stereocenters.